The van der Waals surface area contributed by atoms with Gasteiger partial charge in [0.2, 0.25) is 0 Å². The average molecular weight is 550 g/mol. The van der Waals surface area contributed by atoms with Gasteiger partial charge in [0.25, 0.3) is 17.4 Å². The van der Waals surface area contributed by atoms with Crippen LogP contribution in [0.5, 0.6) is 0 Å². The monoisotopic (exact) mass is 549 g/mol. The first-order valence-electron chi connectivity index (χ1n) is 14.9. The van der Waals surface area contributed by atoms with Gasteiger partial charge in [0.1, 0.15) is 5.78 Å². The zero-order valence-corrected chi connectivity index (χ0v) is 23.3. The fourth-order valence-electron chi connectivity index (χ4n) is 6.40. The quantitative estimate of drug-likeness (QED) is 0.528. The molecule has 40 heavy (non-hydrogen) atoms. The maximum Gasteiger partial charge on any atom is 0.272 e. The molecule has 5 heterocycles. The average Bonchev–Trinajstić information content (AvgIpc) is 3.64. The van der Waals surface area contributed by atoms with E-state index in [0.717, 1.165) is 68.1 Å². The SMILES string of the molecule is CCn1ncc2c(NC3CCC(=O)CC3)c(C3=CC(C(=O)N4CCCCC4)(C(=O)N4CCCCC4)ON3)cnc21. The lowest BCUT2D eigenvalue weighted by molar-refractivity contribution is -0.171. The minimum atomic E-state index is -1.76. The first-order chi connectivity index (χ1) is 19.5. The number of Topliss-reactive ketones (excluding diaryl/α,β-unsaturated/α-hetero) is 1. The van der Waals surface area contributed by atoms with Crippen LogP contribution in [0.15, 0.2) is 18.5 Å². The Kier molecular flexibility index (Phi) is 7.48. The van der Waals surface area contributed by atoms with Crippen LogP contribution in [0.3, 0.4) is 0 Å². The number of aryl methyl sites for hydroxylation is 1. The zero-order valence-electron chi connectivity index (χ0n) is 23.3. The number of fused-ring (bicyclic) bond motifs is 1. The number of piperidine rings is 2. The van der Waals surface area contributed by atoms with Gasteiger partial charge in [-0.3, -0.25) is 19.9 Å². The minimum Gasteiger partial charge on any atom is -0.381 e. The van der Waals surface area contributed by atoms with Crippen molar-refractivity contribution in [2.75, 3.05) is 31.5 Å². The van der Waals surface area contributed by atoms with Gasteiger partial charge < -0.3 is 15.1 Å². The van der Waals surface area contributed by atoms with Gasteiger partial charge in [-0.2, -0.15) is 5.10 Å². The lowest BCUT2D eigenvalue weighted by Crippen LogP contribution is -2.60. The van der Waals surface area contributed by atoms with Crippen molar-refractivity contribution in [3.05, 3.63) is 24.0 Å². The molecule has 0 atom stereocenters. The molecule has 3 aliphatic heterocycles. The normalized spacial score (nSPS) is 21.8. The summed E-state index contributed by atoms with van der Waals surface area (Å²) in [7, 11) is 0. The van der Waals surface area contributed by atoms with Crippen LogP contribution in [0.1, 0.15) is 76.7 Å². The summed E-state index contributed by atoms with van der Waals surface area (Å²) in [4.78, 5) is 54.4. The van der Waals surface area contributed by atoms with Gasteiger partial charge in [-0.05, 0) is 64.4 Å². The van der Waals surface area contributed by atoms with Crippen LogP contribution < -0.4 is 10.8 Å². The third-order valence-electron chi connectivity index (χ3n) is 8.74. The molecule has 2 aromatic heterocycles. The van der Waals surface area contributed by atoms with Gasteiger partial charge in [-0.15, -0.1) is 0 Å². The molecule has 0 unspecified atom stereocenters. The highest BCUT2D eigenvalue weighted by Gasteiger charge is 2.54. The second-order valence-corrected chi connectivity index (χ2v) is 11.4. The molecule has 3 fully saturated rings. The molecule has 1 saturated carbocycles. The number of rotatable bonds is 6. The Labute approximate surface area is 234 Å². The van der Waals surface area contributed by atoms with Crippen LogP contribution in [0, 0.1) is 0 Å². The van der Waals surface area contributed by atoms with E-state index in [9.17, 15) is 14.4 Å². The van der Waals surface area contributed by atoms with Crippen LogP contribution in [0.4, 0.5) is 5.69 Å². The smallest absolute Gasteiger partial charge is 0.272 e. The molecule has 0 aromatic carbocycles. The molecule has 6 rings (SSSR count). The van der Waals surface area contributed by atoms with E-state index in [-0.39, 0.29) is 17.9 Å². The number of carbonyl (C=O) groups excluding carboxylic acids is 3. The summed E-state index contributed by atoms with van der Waals surface area (Å²) < 4.78 is 1.84. The third-order valence-corrected chi connectivity index (χ3v) is 8.74. The molecule has 2 N–H and O–H groups in total. The fraction of sp³-hybridized carbons (Fsp3) is 0.621. The number of anilines is 1. The number of hydrogen-bond donors (Lipinski definition) is 2. The summed E-state index contributed by atoms with van der Waals surface area (Å²) in [5, 5.41) is 9.04. The molecule has 2 amide bonds. The van der Waals surface area contributed by atoms with E-state index in [0.29, 0.717) is 62.6 Å². The number of hydrogen-bond acceptors (Lipinski definition) is 8. The van der Waals surface area contributed by atoms with Crippen molar-refractivity contribution in [2.24, 2.45) is 0 Å². The topological polar surface area (TPSA) is 122 Å². The van der Waals surface area contributed by atoms with Crippen molar-refractivity contribution < 1.29 is 19.2 Å². The number of nitrogens with one attached hydrogen (secondary N) is 2. The molecule has 4 aliphatic rings. The van der Waals surface area contributed by atoms with Gasteiger partial charge in [0.15, 0.2) is 5.65 Å². The van der Waals surface area contributed by atoms with Crippen molar-refractivity contribution in [2.45, 2.75) is 89.3 Å². The molecule has 0 radical (unpaired) electrons. The Morgan fingerprint density at radius 1 is 1.00 bits per heavy atom. The molecule has 1 aliphatic carbocycles. The summed E-state index contributed by atoms with van der Waals surface area (Å²) in [5.74, 6) is -0.320. The van der Waals surface area contributed by atoms with Crippen LogP contribution >= 0.6 is 0 Å². The summed E-state index contributed by atoms with van der Waals surface area (Å²) in [6, 6.07) is 0.115. The van der Waals surface area contributed by atoms with Gasteiger partial charge >= 0.3 is 0 Å². The van der Waals surface area contributed by atoms with Crippen molar-refractivity contribution in [1.82, 2.24) is 30.0 Å². The number of nitrogens with zero attached hydrogens (tertiary/aromatic N) is 5. The zero-order chi connectivity index (χ0) is 27.7. The Balaban J connectivity index is 1.41. The van der Waals surface area contributed by atoms with Gasteiger partial charge in [-0.25, -0.2) is 14.5 Å². The summed E-state index contributed by atoms with van der Waals surface area (Å²) in [5.41, 5.74) is 4.02. The van der Waals surface area contributed by atoms with E-state index in [1.54, 1.807) is 28.3 Å². The standard InChI is InChI=1S/C29H39N7O4/c1-2-36-26-23(19-31-36)25(32-20-9-11-21(37)12-10-20)22(18-30-26)24-17-29(40-33-24,27(38)34-13-5-3-6-14-34)28(39)35-15-7-4-8-16-35/h17-20,33H,2-16H2,1H3,(H,30,32). The molecule has 11 heteroatoms. The lowest BCUT2D eigenvalue weighted by atomic mass is 9.93. The number of carbonyl (C=O) groups is 3. The van der Waals surface area contributed by atoms with Gasteiger partial charge in [-0.1, -0.05) is 0 Å². The molecular formula is C29H39N7O4. The molecule has 214 valence electrons. The second-order valence-electron chi connectivity index (χ2n) is 11.4. The number of pyridine rings is 1. The second kappa shape index (κ2) is 11.2. The van der Waals surface area contributed by atoms with Crippen molar-refractivity contribution in [3.63, 3.8) is 0 Å². The van der Waals surface area contributed by atoms with Crippen LogP contribution in [0.25, 0.3) is 16.7 Å². The number of ketones is 1. The Morgan fingerprint density at radius 3 is 2.23 bits per heavy atom. The molecule has 2 saturated heterocycles. The highest BCUT2D eigenvalue weighted by atomic mass is 16.7. The lowest BCUT2D eigenvalue weighted by Gasteiger charge is -2.37. The largest absolute Gasteiger partial charge is 0.381 e. The maximum atomic E-state index is 14.1. The van der Waals surface area contributed by atoms with Crippen molar-refractivity contribution >= 4 is 40.0 Å². The van der Waals surface area contributed by atoms with E-state index >= 15 is 0 Å². The highest BCUT2D eigenvalue weighted by Crippen LogP contribution is 2.37. The Hall–Kier alpha value is -3.47. The number of likely N-dealkylation sites (tertiary alicyclic amines) is 2. The maximum absolute atomic E-state index is 14.1. The predicted molar refractivity (Wildman–Crippen MR) is 150 cm³/mol. The summed E-state index contributed by atoms with van der Waals surface area (Å²) in [6.45, 7) is 5.18. The van der Waals surface area contributed by atoms with Gasteiger partial charge in [0, 0.05) is 63.4 Å². The van der Waals surface area contributed by atoms with Crippen molar-refractivity contribution in [3.8, 4) is 0 Å². The first-order valence-corrected chi connectivity index (χ1v) is 14.9. The van der Waals surface area contributed by atoms with E-state index in [1.165, 1.54) is 0 Å². The molecule has 11 nitrogen and oxygen atoms in total. The van der Waals surface area contributed by atoms with Crippen molar-refractivity contribution in [1.29, 1.82) is 0 Å². The van der Waals surface area contributed by atoms with Gasteiger partial charge in [0.05, 0.1) is 23.0 Å². The Morgan fingerprint density at radius 2 is 1.62 bits per heavy atom. The number of amides is 2. The molecule has 0 spiro atoms. The van der Waals surface area contributed by atoms with Crippen LogP contribution in [-0.4, -0.2) is 80.0 Å². The molecule has 0 bridgehead atoms. The molecule has 2 aromatic rings. The summed E-state index contributed by atoms with van der Waals surface area (Å²) >= 11 is 0. The van der Waals surface area contributed by atoms with E-state index < -0.39 is 5.60 Å². The highest BCUT2D eigenvalue weighted by molar-refractivity contribution is 6.13. The van der Waals surface area contributed by atoms with Crippen LogP contribution in [-0.2, 0) is 25.8 Å². The number of aromatic nitrogens is 3. The molecular weight excluding hydrogens is 510 g/mol. The van der Waals surface area contributed by atoms with E-state index in [4.69, 9.17) is 9.82 Å². The minimum absolute atomic E-state index is 0.115. The first kappa shape index (κ1) is 26.7. The summed E-state index contributed by atoms with van der Waals surface area (Å²) in [6.07, 6.45) is 13.7. The third kappa shape index (κ3) is 4.84. The van der Waals surface area contributed by atoms with E-state index in [2.05, 4.69) is 15.9 Å². The predicted octanol–water partition coefficient (Wildman–Crippen LogP) is 3.01. The van der Waals surface area contributed by atoms with Crippen LogP contribution in [0.2, 0.25) is 0 Å². The Bertz CT molecular complexity index is 1280. The fourth-order valence-corrected chi connectivity index (χ4v) is 6.40. The number of hydroxylamine groups is 1. The van der Waals surface area contributed by atoms with E-state index in [1.807, 2.05) is 11.6 Å².